The molecule has 2 aromatic rings. The summed E-state index contributed by atoms with van der Waals surface area (Å²) in [6.45, 7) is 1.31. The molecule has 0 amide bonds. The van der Waals surface area contributed by atoms with Gasteiger partial charge in [-0.05, 0) is 6.07 Å². The van der Waals surface area contributed by atoms with E-state index in [1.54, 1.807) is 4.90 Å². The predicted octanol–water partition coefficient (Wildman–Crippen LogP) is 0.916. The van der Waals surface area contributed by atoms with Crippen molar-refractivity contribution < 1.29 is 24.8 Å². The number of aromatic nitrogens is 1. The molecule has 1 N–H and O–H groups in total. The highest BCUT2D eigenvalue weighted by Crippen LogP contribution is 2.36. The van der Waals surface area contributed by atoms with E-state index in [-0.39, 0.29) is 0 Å². The van der Waals surface area contributed by atoms with Crippen LogP contribution in [0.2, 0.25) is 0 Å². The Hall–Kier alpha value is -3.67. The third-order valence-electron chi connectivity index (χ3n) is 4.38. The number of benzene rings is 1. The van der Waals surface area contributed by atoms with Crippen molar-refractivity contribution in [2.75, 3.05) is 13.6 Å². The maximum atomic E-state index is 11.1. The lowest BCUT2D eigenvalue weighted by atomic mass is 10.1. The summed E-state index contributed by atoms with van der Waals surface area (Å²) in [5.41, 5.74) is -1.87. The molecular weight excluding hydrogens is 374 g/mol. The molecule has 1 aliphatic heterocycles. The van der Waals surface area contributed by atoms with Gasteiger partial charge in [-0.15, -0.1) is 0 Å². The number of nitrogens with one attached hydrogen (secondary N) is 1. The molecular formula is C16H17N5O7. The van der Waals surface area contributed by atoms with Crippen molar-refractivity contribution in [3.8, 4) is 5.75 Å². The van der Waals surface area contributed by atoms with Gasteiger partial charge in [-0.25, -0.2) is 0 Å². The van der Waals surface area contributed by atoms with E-state index in [1.807, 2.05) is 18.5 Å². The fourth-order valence-corrected chi connectivity index (χ4v) is 3.00. The molecule has 0 bridgehead atoms. The topological polar surface area (TPSA) is 170 Å². The summed E-state index contributed by atoms with van der Waals surface area (Å²) in [4.78, 5) is 33.3. The first-order chi connectivity index (χ1) is 13.2. The fourth-order valence-electron chi connectivity index (χ4n) is 3.00. The number of nitro benzene ring substituents is 3. The monoisotopic (exact) mass is 391 g/mol. The second kappa shape index (κ2) is 8.81. The van der Waals surface area contributed by atoms with Crippen molar-refractivity contribution in [1.29, 1.82) is 0 Å². The van der Waals surface area contributed by atoms with Crippen LogP contribution in [0.25, 0.3) is 0 Å². The van der Waals surface area contributed by atoms with E-state index in [9.17, 15) is 35.4 Å². The van der Waals surface area contributed by atoms with Gasteiger partial charge in [0.05, 0.1) is 46.2 Å². The molecule has 1 saturated heterocycles. The minimum absolute atomic E-state index is 0.384. The molecule has 0 saturated carbocycles. The van der Waals surface area contributed by atoms with E-state index in [4.69, 9.17) is 0 Å². The first-order valence-electron chi connectivity index (χ1n) is 8.22. The Balaban J connectivity index is 0.000000207. The van der Waals surface area contributed by atoms with E-state index in [0.717, 1.165) is 0 Å². The summed E-state index contributed by atoms with van der Waals surface area (Å²) in [7, 11) is 2.27. The van der Waals surface area contributed by atoms with Gasteiger partial charge in [0, 0.05) is 30.8 Å². The highest BCUT2D eigenvalue weighted by molar-refractivity contribution is 5.63. The standard InChI is InChI=1S/C10H14N2.C6H3N3O7/c1-12-7-3-5-10(12)9-4-2-6-11-8-9;10-6-4(8(13)14)1-3(7(11)12)2-5(6)9(15)16/h2,4,6,8,10H,3,5,7H2,1H3;1-2,10H. The number of hydrogen-bond acceptors (Lipinski definition) is 8. The maximum Gasteiger partial charge on any atom is 0.283 e. The van der Waals surface area contributed by atoms with Gasteiger partial charge in [-0.3, -0.25) is 35.3 Å². The summed E-state index contributed by atoms with van der Waals surface area (Å²) < 4.78 is 0. The third-order valence-corrected chi connectivity index (χ3v) is 4.38. The first-order valence-corrected chi connectivity index (χ1v) is 8.22. The molecule has 2 atom stereocenters. The van der Waals surface area contributed by atoms with Crippen LogP contribution in [-0.4, -0.2) is 33.3 Å². The Morgan fingerprint density at radius 2 is 1.68 bits per heavy atom. The molecule has 148 valence electrons. The molecule has 1 aromatic carbocycles. The zero-order valence-electron chi connectivity index (χ0n) is 14.8. The van der Waals surface area contributed by atoms with Gasteiger partial charge in [0.1, 0.15) is 6.04 Å². The molecule has 2 heterocycles. The summed E-state index contributed by atoms with van der Waals surface area (Å²) in [6, 6.07) is 5.68. The zero-order valence-corrected chi connectivity index (χ0v) is 14.8. The number of quaternary nitrogens is 1. The van der Waals surface area contributed by atoms with Gasteiger partial charge in [-0.1, -0.05) is 6.07 Å². The molecule has 2 unspecified atom stereocenters. The first kappa shape index (κ1) is 20.6. The molecule has 12 heteroatoms. The van der Waals surface area contributed by atoms with E-state index in [1.165, 1.54) is 24.9 Å². The van der Waals surface area contributed by atoms with Gasteiger partial charge in [0.15, 0.2) is 0 Å². The molecule has 1 aromatic heterocycles. The van der Waals surface area contributed by atoms with Crippen LogP contribution >= 0.6 is 0 Å². The maximum absolute atomic E-state index is 11.1. The van der Waals surface area contributed by atoms with Gasteiger partial charge in [0.25, 0.3) is 17.1 Å². The highest BCUT2D eigenvalue weighted by atomic mass is 16.6. The second-order valence-electron chi connectivity index (χ2n) is 6.16. The van der Waals surface area contributed by atoms with Gasteiger partial charge < -0.3 is 10.0 Å². The molecule has 0 aliphatic carbocycles. The Bertz CT molecular complexity index is 855. The highest BCUT2D eigenvalue weighted by Gasteiger charge is 2.26. The Morgan fingerprint density at radius 3 is 2.07 bits per heavy atom. The van der Waals surface area contributed by atoms with E-state index < -0.39 is 37.6 Å². The van der Waals surface area contributed by atoms with E-state index in [2.05, 4.69) is 18.1 Å². The number of likely N-dealkylation sites (tertiary alicyclic amines) is 1. The molecule has 28 heavy (non-hydrogen) atoms. The lowest BCUT2D eigenvalue weighted by Crippen LogP contribution is -3.07. The number of hydrogen-bond donors (Lipinski definition) is 1. The average molecular weight is 391 g/mol. The SMILES string of the molecule is C[NH+]1CCCC1c1cccnc1.O=[N+]([O-])c1cc([N+](=O)[O-])c([O-])c([N+](=O)[O-])c1. The molecule has 1 aliphatic rings. The van der Waals surface area contributed by atoms with Crippen LogP contribution in [0, 0.1) is 30.3 Å². The largest absolute Gasteiger partial charge is 0.863 e. The van der Waals surface area contributed by atoms with Crippen LogP contribution in [0.4, 0.5) is 17.1 Å². The van der Waals surface area contributed by atoms with Crippen molar-refractivity contribution in [3.63, 3.8) is 0 Å². The van der Waals surface area contributed by atoms with Crippen molar-refractivity contribution in [2.24, 2.45) is 0 Å². The van der Waals surface area contributed by atoms with Gasteiger partial charge in [-0.2, -0.15) is 0 Å². The Labute approximate surface area is 158 Å². The van der Waals surface area contributed by atoms with Crippen LogP contribution in [0.15, 0.2) is 36.7 Å². The molecule has 3 rings (SSSR count). The predicted molar refractivity (Wildman–Crippen MR) is 93.8 cm³/mol. The summed E-state index contributed by atoms with van der Waals surface area (Å²) >= 11 is 0. The van der Waals surface area contributed by atoms with Crippen LogP contribution in [0.3, 0.4) is 0 Å². The van der Waals surface area contributed by atoms with Crippen molar-refractivity contribution >= 4 is 17.1 Å². The number of nitro groups is 3. The van der Waals surface area contributed by atoms with Crippen molar-refractivity contribution in [1.82, 2.24) is 4.98 Å². The lowest BCUT2D eigenvalue weighted by Gasteiger charge is -2.15. The lowest BCUT2D eigenvalue weighted by molar-refractivity contribution is -0.898. The van der Waals surface area contributed by atoms with Crippen LogP contribution in [0.5, 0.6) is 5.75 Å². The molecule has 1 fully saturated rings. The minimum atomic E-state index is -1.46. The van der Waals surface area contributed by atoms with E-state index in [0.29, 0.717) is 18.2 Å². The fraction of sp³-hybridized carbons (Fsp3) is 0.312. The van der Waals surface area contributed by atoms with Crippen molar-refractivity contribution in [3.05, 3.63) is 72.6 Å². The summed E-state index contributed by atoms with van der Waals surface area (Å²) in [6.07, 6.45) is 6.51. The summed E-state index contributed by atoms with van der Waals surface area (Å²) in [5.74, 6) is -1.46. The second-order valence-corrected chi connectivity index (χ2v) is 6.16. The van der Waals surface area contributed by atoms with Gasteiger partial charge >= 0.3 is 0 Å². The smallest absolute Gasteiger partial charge is 0.283 e. The van der Waals surface area contributed by atoms with Gasteiger partial charge in [0.2, 0.25) is 0 Å². The van der Waals surface area contributed by atoms with E-state index >= 15 is 0 Å². The third kappa shape index (κ3) is 4.73. The molecule has 0 radical (unpaired) electrons. The van der Waals surface area contributed by atoms with Crippen LogP contribution in [0.1, 0.15) is 24.4 Å². The Kier molecular flexibility index (Phi) is 6.50. The quantitative estimate of drug-likeness (QED) is 0.592. The average Bonchev–Trinajstić information content (AvgIpc) is 3.08. The number of pyridine rings is 1. The number of non-ortho nitro benzene ring substituents is 1. The normalized spacial score (nSPS) is 18.0. The van der Waals surface area contributed by atoms with Crippen molar-refractivity contribution in [2.45, 2.75) is 18.9 Å². The van der Waals surface area contributed by atoms with Crippen LogP contribution in [-0.2, 0) is 0 Å². The van der Waals surface area contributed by atoms with Crippen LogP contribution < -0.4 is 10.0 Å². The number of nitrogens with zero attached hydrogens (tertiary/aromatic N) is 4. The molecule has 0 spiro atoms. The summed E-state index contributed by atoms with van der Waals surface area (Å²) in [5, 5.41) is 42.1. The minimum Gasteiger partial charge on any atom is -0.863 e. The molecule has 12 nitrogen and oxygen atoms in total. The zero-order chi connectivity index (χ0) is 20.8. The Morgan fingerprint density at radius 1 is 1.07 bits per heavy atom. The number of rotatable bonds is 4.